The van der Waals surface area contributed by atoms with E-state index in [0.717, 1.165) is 22.0 Å². The predicted octanol–water partition coefficient (Wildman–Crippen LogP) is 1.93. The van der Waals surface area contributed by atoms with Gasteiger partial charge in [0.1, 0.15) is 0 Å². The lowest BCUT2D eigenvalue weighted by Crippen LogP contribution is -2.48. The van der Waals surface area contributed by atoms with Crippen LogP contribution in [0.25, 0.3) is 11.4 Å². The van der Waals surface area contributed by atoms with Crippen molar-refractivity contribution in [3.8, 4) is 11.4 Å². The molecule has 0 unspecified atom stereocenters. The van der Waals surface area contributed by atoms with E-state index in [1.807, 2.05) is 24.3 Å². The molecule has 26 heavy (non-hydrogen) atoms. The molecule has 0 atom stereocenters. The van der Waals surface area contributed by atoms with E-state index in [1.165, 1.54) is 0 Å². The van der Waals surface area contributed by atoms with Crippen molar-refractivity contribution in [2.24, 2.45) is 0 Å². The SMILES string of the molecule is Cc1nnc(-c2ccc(I=C3C(=O)OC4(CCCC4)OC3=O)cc2)nn1. The number of hydrogen-bond donors (Lipinski definition) is 0. The van der Waals surface area contributed by atoms with Gasteiger partial charge in [-0.25, -0.2) is 9.59 Å². The third-order valence-corrected chi connectivity index (χ3v) is 6.93. The number of halogens is 1. The molecule has 1 saturated carbocycles. The largest absolute Gasteiger partial charge is 0.418 e. The van der Waals surface area contributed by atoms with Crippen LogP contribution in [0, 0.1) is 10.5 Å². The van der Waals surface area contributed by atoms with Crippen LogP contribution >= 0.6 is 20.7 Å². The van der Waals surface area contributed by atoms with Crippen LogP contribution in [0.1, 0.15) is 31.5 Å². The molecule has 8 nitrogen and oxygen atoms in total. The molecule has 0 radical (unpaired) electrons. The zero-order valence-corrected chi connectivity index (χ0v) is 16.1. The van der Waals surface area contributed by atoms with Crippen molar-refractivity contribution in [3.05, 3.63) is 33.7 Å². The van der Waals surface area contributed by atoms with E-state index in [4.69, 9.17) is 9.47 Å². The van der Waals surface area contributed by atoms with E-state index < -0.39 is 38.5 Å². The molecule has 0 amide bonds. The van der Waals surface area contributed by atoms with E-state index in [1.54, 1.807) is 6.92 Å². The van der Waals surface area contributed by atoms with E-state index in [-0.39, 0.29) is 3.51 Å². The quantitative estimate of drug-likeness (QED) is 0.489. The van der Waals surface area contributed by atoms with Crippen molar-refractivity contribution in [1.29, 1.82) is 0 Å². The predicted molar refractivity (Wildman–Crippen MR) is 98.9 cm³/mol. The minimum Gasteiger partial charge on any atom is -0.418 e. The second-order valence-corrected chi connectivity index (χ2v) is 8.95. The summed E-state index contributed by atoms with van der Waals surface area (Å²) in [6.07, 6.45) is 2.97. The van der Waals surface area contributed by atoms with E-state index in [9.17, 15) is 9.59 Å². The number of aromatic nitrogens is 4. The first kappa shape index (κ1) is 17.1. The van der Waals surface area contributed by atoms with E-state index in [0.29, 0.717) is 24.5 Å². The van der Waals surface area contributed by atoms with Gasteiger partial charge in [-0.1, -0.05) is 32.9 Å². The average molecular weight is 466 g/mol. The maximum Gasteiger partial charge on any atom is 0.354 e. The number of aryl methyl sites for hydroxylation is 1. The van der Waals surface area contributed by atoms with Gasteiger partial charge in [0.15, 0.2) is 9.33 Å². The minimum atomic E-state index is -1.02. The van der Waals surface area contributed by atoms with Gasteiger partial charge in [-0.05, 0) is 31.9 Å². The minimum absolute atomic E-state index is 0.129. The summed E-state index contributed by atoms with van der Waals surface area (Å²) in [5.41, 5.74) is 0.765. The first-order chi connectivity index (χ1) is 12.5. The second-order valence-electron chi connectivity index (χ2n) is 6.08. The van der Waals surface area contributed by atoms with E-state index >= 15 is 0 Å². The van der Waals surface area contributed by atoms with Crippen LogP contribution in [0.4, 0.5) is 0 Å². The van der Waals surface area contributed by atoms with Crippen LogP contribution in [0.5, 0.6) is 0 Å². The molecule has 2 fully saturated rings. The van der Waals surface area contributed by atoms with E-state index in [2.05, 4.69) is 20.4 Å². The Morgan fingerprint density at radius 1 is 0.923 bits per heavy atom. The molecule has 2 aliphatic rings. The van der Waals surface area contributed by atoms with Gasteiger partial charge in [0.2, 0.25) is 5.82 Å². The molecule has 2 aromatic rings. The van der Waals surface area contributed by atoms with Gasteiger partial charge in [-0.2, -0.15) is 0 Å². The smallest absolute Gasteiger partial charge is 0.354 e. The maximum absolute atomic E-state index is 12.3. The number of nitrogens with zero attached hydrogens (tertiary/aromatic N) is 4. The van der Waals surface area contributed by atoms with Crippen molar-refractivity contribution >= 4 is 36.2 Å². The van der Waals surface area contributed by atoms with Gasteiger partial charge in [0.05, 0.1) is 0 Å². The Kier molecular flexibility index (Phi) is 4.47. The van der Waals surface area contributed by atoms with Crippen LogP contribution in [-0.2, 0) is 19.1 Å². The molecule has 1 aliphatic carbocycles. The van der Waals surface area contributed by atoms with Crippen LogP contribution in [0.3, 0.4) is 0 Å². The lowest BCUT2D eigenvalue weighted by molar-refractivity contribution is -0.224. The monoisotopic (exact) mass is 466 g/mol. The van der Waals surface area contributed by atoms with Gasteiger partial charge in [-0.3, -0.25) is 0 Å². The Balaban J connectivity index is 1.55. The Morgan fingerprint density at radius 3 is 2.08 bits per heavy atom. The highest BCUT2D eigenvalue weighted by molar-refractivity contribution is 14.2. The molecule has 1 aromatic heterocycles. The normalized spacial score (nSPS) is 18.7. The van der Waals surface area contributed by atoms with Crippen molar-refractivity contribution in [2.75, 3.05) is 0 Å². The Hall–Kier alpha value is -2.30. The second kappa shape index (κ2) is 6.78. The third kappa shape index (κ3) is 3.35. The summed E-state index contributed by atoms with van der Waals surface area (Å²) in [6, 6.07) is 7.34. The lowest BCUT2D eigenvalue weighted by atomic mass is 10.2. The summed E-state index contributed by atoms with van der Waals surface area (Å²) in [7, 11) is 0. The first-order valence-corrected chi connectivity index (χ1v) is 10.3. The summed E-state index contributed by atoms with van der Waals surface area (Å²) in [5.74, 6) is -1.16. The summed E-state index contributed by atoms with van der Waals surface area (Å²) in [4.78, 5) is 24.6. The zero-order chi connectivity index (χ0) is 18.1. The zero-order valence-electron chi connectivity index (χ0n) is 13.9. The van der Waals surface area contributed by atoms with Gasteiger partial charge in [0.25, 0.3) is 5.79 Å². The van der Waals surface area contributed by atoms with Crippen molar-refractivity contribution in [2.45, 2.75) is 38.4 Å². The Morgan fingerprint density at radius 2 is 1.50 bits per heavy atom. The van der Waals surface area contributed by atoms with Gasteiger partial charge >= 0.3 is 11.9 Å². The van der Waals surface area contributed by atoms with Gasteiger partial charge in [0, 0.05) is 22.0 Å². The van der Waals surface area contributed by atoms with Crippen molar-refractivity contribution < 1.29 is 19.1 Å². The molecule has 0 N–H and O–H groups in total. The lowest BCUT2D eigenvalue weighted by Gasteiger charge is -2.32. The molecular formula is C17H15IN4O4. The topological polar surface area (TPSA) is 104 Å². The van der Waals surface area contributed by atoms with Gasteiger partial charge < -0.3 is 9.47 Å². The van der Waals surface area contributed by atoms with Crippen molar-refractivity contribution in [3.63, 3.8) is 0 Å². The third-order valence-electron chi connectivity index (χ3n) is 4.17. The fourth-order valence-electron chi connectivity index (χ4n) is 2.89. The number of benzene rings is 1. The standard InChI is InChI=1S/C17H15IN4O4/c1-10-19-21-14(22-20-10)11-4-6-12(7-5-11)18-13-15(23)25-17(26-16(13)24)8-2-3-9-17/h4-7H,2-3,8-9H2,1H3. The molecule has 134 valence electrons. The molecule has 2 heterocycles. The fourth-order valence-corrected chi connectivity index (χ4v) is 4.90. The highest BCUT2D eigenvalue weighted by Crippen LogP contribution is 2.37. The van der Waals surface area contributed by atoms with Crippen LogP contribution < -0.4 is 0 Å². The van der Waals surface area contributed by atoms with Crippen molar-refractivity contribution in [1.82, 2.24) is 20.4 Å². The highest BCUT2D eigenvalue weighted by Gasteiger charge is 2.48. The van der Waals surface area contributed by atoms with Crippen LogP contribution in [-0.4, -0.2) is 41.6 Å². The number of ether oxygens (including phenoxy) is 2. The number of esters is 2. The number of hydrogen-bond acceptors (Lipinski definition) is 8. The molecule has 1 aromatic carbocycles. The molecule has 1 spiro atoms. The average Bonchev–Trinajstić information content (AvgIpc) is 3.07. The molecule has 9 heteroatoms. The maximum atomic E-state index is 12.3. The summed E-state index contributed by atoms with van der Waals surface area (Å²) < 4.78 is 12.0. The number of carbonyl (C=O) groups is 2. The van der Waals surface area contributed by atoms with Gasteiger partial charge in [-0.15, -0.1) is 20.4 Å². The molecule has 4 rings (SSSR count). The number of carbonyl (C=O) groups excluding carboxylic acids is 2. The molecule has 0 bridgehead atoms. The summed E-state index contributed by atoms with van der Waals surface area (Å²) >= 11 is -1.000. The summed E-state index contributed by atoms with van der Waals surface area (Å²) in [6.45, 7) is 1.71. The first-order valence-electron chi connectivity index (χ1n) is 8.18. The summed E-state index contributed by atoms with van der Waals surface area (Å²) in [5, 5.41) is 15.7. The molecule has 1 aliphatic heterocycles. The number of rotatable bonds is 2. The van der Waals surface area contributed by atoms with Crippen LogP contribution in [0.15, 0.2) is 24.3 Å². The molecular weight excluding hydrogens is 451 g/mol. The molecule has 1 saturated heterocycles. The fraction of sp³-hybridized carbons (Fsp3) is 0.353. The highest BCUT2D eigenvalue weighted by atomic mass is 127. The van der Waals surface area contributed by atoms with Crippen LogP contribution in [0.2, 0.25) is 0 Å². The Labute approximate surface area is 159 Å². The Bertz CT molecular complexity index is 868.